The summed E-state index contributed by atoms with van der Waals surface area (Å²) in [6.45, 7) is 1.14. The van der Waals surface area contributed by atoms with Gasteiger partial charge in [0, 0.05) is 25.8 Å². The molecule has 1 atom stereocenters. The molecular weight excluding hydrogens is 356 g/mol. The highest BCUT2D eigenvalue weighted by Crippen LogP contribution is 2.28. The molecule has 1 aliphatic rings. The second-order valence-electron chi connectivity index (χ2n) is 6.10. The molecule has 7 nitrogen and oxygen atoms in total. The van der Waals surface area contributed by atoms with Gasteiger partial charge in [0.05, 0.1) is 11.2 Å². The maximum atomic E-state index is 13.0. The van der Waals surface area contributed by atoms with Gasteiger partial charge in [-0.2, -0.15) is 0 Å². The van der Waals surface area contributed by atoms with Crippen LogP contribution < -0.4 is 10.6 Å². The number of rotatable bonds is 6. The third-order valence-electron chi connectivity index (χ3n) is 4.31. The normalized spacial score (nSPS) is 16.8. The zero-order valence-electron chi connectivity index (χ0n) is 14.3. The number of amides is 2. The molecule has 1 fully saturated rings. The van der Waals surface area contributed by atoms with E-state index >= 15 is 0 Å². The van der Waals surface area contributed by atoms with E-state index < -0.39 is 21.1 Å². The van der Waals surface area contributed by atoms with Crippen LogP contribution in [0.15, 0.2) is 58.0 Å². The second-order valence-corrected chi connectivity index (χ2v) is 8.23. The van der Waals surface area contributed by atoms with Crippen LogP contribution in [0.4, 0.5) is 4.79 Å². The van der Waals surface area contributed by atoms with Gasteiger partial charge in [0.1, 0.15) is 11.0 Å². The Morgan fingerprint density at radius 1 is 1.12 bits per heavy atom. The first kappa shape index (κ1) is 18.5. The molecule has 3 rings (SSSR count). The first-order valence-corrected chi connectivity index (χ1v) is 10.1. The molecule has 0 saturated carbocycles. The molecule has 1 unspecified atom stereocenters. The van der Waals surface area contributed by atoms with E-state index in [1.54, 1.807) is 30.3 Å². The summed E-state index contributed by atoms with van der Waals surface area (Å²) < 4.78 is 36.5. The number of carbonyl (C=O) groups is 1. The van der Waals surface area contributed by atoms with Gasteiger partial charge in [-0.1, -0.05) is 18.2 Å². The minimum absolute atomic E-state index is 0.0385. The van der Waals surface area contributed by atoms with Crippen molar-refractivity contribution in [3.63, 3.8) is 0 Å². The van der Waals surface area contributed by atoms with Crippen LogP contribution in [-0.2, 0) is 14.6 Å². The average Bonchev–Trinajstić information content (AvgIpc) is 3.17. The Morgan fingerprint density at radius 3 is 2.50 bits per heavy atom. The van der Waals surface area contributed by atoms with Crippen LogP contribution in [0, 0.1) is 0 Å². The van der Waals surface area contributed by atoms with E-state index in [9.17, 15) is 13.2 Å². The lowest BCUT2D eigenvalue weighted by Crippen LogP contribution is -2.46. The number of furan rings is 1. The third-order valence-corrected chi connectivity index (χ3v) is 6.39. The van der Waals surface area contributed by atoms with Gasteiger partial charge in [-0.15, -0.1) is 0 Å². The summed E-state index contributed by atoms with van der Waals surface area (Å²) in [4.78, 5) is 12.3. The van der Waals surface area contributed by atoms with E-state index in [0.717, 1.165) is 12.8 Å². The molecule has 8 heteroatoms. The summed E-state index contributed by atoms with van der Waals surface area (Å²) >= 11 is 0. The molecule has 2 aromatic rings. The van der Waals surface area contributed by atoms with E-state index in [4.69, 9.17) is 9.15 Å². The molecule has 1 saturated heterocycles. The average molecular weight is 378 g/mol. The molecule has 0 aliphatic carbocycles. The Bertz CT molecular complexity index is 799. The molecule has 140 valence electrons. The van der Waals surface area contributed by atoms with Crippen molar-refractivity contribution in [2.75, 3.05) is 19.8 Å². The Labute approximate surface area is 152 Å². The molecule has 2 heterocycles. The fraction of sp³-hybridized carbons (Fsp3) is 0.389. The second kappa shape index (κ2) is 8.37. The highest BCUT2D eigenvalue weighted by Gasteiger charge is 2.32. The number of hydrogen-bond acceptors (Lipinski definition) is 5. The van der Waals surface area contributed by atoms with Gasteiger partial charge in [-0.25, -0.2) is 13.2 Å². The zero-order chi connectivity index (χ0) is 18.4. The van der Waals surface area contributed by atoms with Crippen LogP contribution in [0.1, 0.15) is 23.9 Å². The smallest absolute Gasteiger partial charge is 0.315 e. The minimum atomic E-state index is -3.71. The lowest BCUT2D eigenvalue weighted by atomic mass is 10.1. The van der Waals surface area contributed by atoms with E-state index in [2.05, 4.69) is 10.6 Å². The van der Waals surface area contributed by atoms with Crippen LogP contribution in [0.25, 0.3) is 0 Å². The molecule has 1 aliphatic heterocycles. The van der Waals surface area contributed by atoms with Gasteiger partial charge in [0.25, 0.3) is 0 Å². The summed E-state index contributed by atoms with van der Waals surface area (Å²) in [5.41, 5.74) is 0. The van der Waals surface area contributed by atoms with Crippen molar-refractivity contribution >= 4 is 15.9 Å². The van der Waals surface area contributed by atoms with Crippen molar-refractivity contribution in [3.05, 3.63) is 54.5 Å². The molecule has 0 bridgehead atoms. The van der Waals surface area contributed by atoms with E-state index in [-0.39, 0.29) is 17.5 Å². The molecule has 2 N–H and O–H groups in total. The topological polar surface area (TPSA) is 97.6 Å². The maximum Gasteiger partial charge on any atom is 0.315 e. The van der Waals surface area contributed by atoms with Gasteiger partial charge >= 0.3 is 6.03 Å². The maximum absolute atomic E-state index is 13.0. The van der Waals surface area contributed by atoms with Gasteiger partial charge in [0.15, 0.2) is 9.84 Å². The number of ether oxygens (including phenoxy) is 1. The van der Waals surface area contributed by atoms with Crippen molar-refractivity contribution in [1.82, 2.24) is 10.6 Å². The number of nitrogens with one attached hydrogen (secondary N) is 2. The number of urea groups is 1. The van der Waals surface area contributed by atoms with Crippen LogP contribution in [0.5, 0.6) is 0 Å². The van der Waals surface area contributed by atoms with Crippen LogP contribution in [0.2, 0.25) is 0 Å². The quantitative estimate of drug-likeness (QED) is 0.804. The van der Waals surface area contributed by atoms with E-state index in [1.807, 2.05) is 0 Å². The summed E-state index contributed by atoms with van der Waals surface area (Å²) in [6, 6.07) is 11.0. The van der Waals surface area contributed by atoms with E-state index in [0.29, 0.717) is 19.0 Å². The predicted molar refractivity (Wildman–Crippen MR) is 95.5 cm³/mol. The van der Waals surface area contributed by atoms with Crippen molar-refractivity contribution in [2.24, 2.45) is 0 Å². The van der Waals surface area contributed by atoms with Crippen LogP contribution in [0.3, 0.4) is 0 Å². The summed E-state index contributed by atoms with van der Waals surface area (Å²) in [5, 5.41) is 4.52. The van der Waals surface area contributed by atoms with Crippen molar-refractivity contribution in [1.29, 1.82) is 0 Å². The summed E-state index contributed by atoms with van der Waals surface area (Å²) in [5.74, 6) is 0.292. The number of sulfone groups is 1. The molecular formula is C18H22N2O5S. The first-order chi connectivity index (χ1) is 12.6. The fourth-order valence-corrected chi connectivity index (χ4v) is 4.48. The van der Waals surface area contributed by atoms with Crippen LogP contribution >= 0.6 is 0 Å². The van der Waals surface area contributed by atoms with Crippen molar-refractivity contribution < 1.29 is 22.4 Å². The summed E-state index contributed by atoms with van der Waals surface area (Å²) in [7, 11) is -3.71. The monoisotopic (exact) mass is 378 g/mol. The van der Waals surface area contributed by atoms with Gasteiger partial charge in [0.2, 0.25) is 0 Å². The van der Waals surface area contributed by atoms with Crippen LogP contribution in [-0.4, -0.2) is 40.2 Å². The Balaban J connectivity index is 1.70. The molecule has 26 heavy (non-hydrogen) atoms. The Kier molecular flexibility index (Phi) is 5.95. The Hall–Kier alpha value is -2.32. The van der Waals surface area contributed by atoms with Gasteiger partial charge < -0.3 is 19.8 Å². The lowest BCUT2D eigenvalue weighted by molar-refractivity contribution is 0.0801. The summed E-state index contributed by atoms with van der Waals surface area (Å²) in [6.07, 6.45) is 2.92. The number of hydrogen-bond donors (Lipinski definition) is 2. The van der Waals surface area contributed by atoms with Gasteiger partial charge in [-0.3, -0.25) is 0 Å². The molecule has 0 radical (unpaired) electrons. The Morgan fingerprint density at radius 2 is 1.85 bits per heavy atom. The highest BCUT2D eigenvalue weighted by atomic mass is 32.2. The standard InChI is InChI=1S/C18H22N2O5S/c21-18(20-14-8-11-24-12-9-14)19-13-17(16-7-4-10-25-16)26(22,23)15-5-2-1-3-6-15/h1-7,10,14,17H,8-9,11-13H2,(H2,19,20,21). The fourth-order valence-electron chi connectivity index (χ4n) is 2.88. The van der Waals surface area contributed by atoms with Crippen molar-refractivity contribution in [3.8, 4) is 0 Å². The van der Waals surface area contributed by atoms with Gasteiger partial charge in [-0.05, 0) is 37.1 Å². The number of carbonyl (C=O) groups excluding carboxylic acids is 1. The highest BCUT2D eigenvalue weighted by molar-refractivity contribution is 7.91. The lowest BCUT2D eigenvalue weighted by Gasteiger charge is -2.24. The largest absolute Gasteiger partial charge is 0.468 e. The first-order valence-electron chi connectivity index (χ1n) is 8.52. The molecule has 1 aromatic heterocycles. The minimum Gasteiger partial charge on any atom is -0.468 e. The van der Waals surface area contributed by atoms with E-state index in [1.165, 1.54) is 18.4 Å². The predicted octanol–water partition coefficient (Wildman–Crippen LogP) is 2.27. The molecule has 1 aromatic carbocycles. The molecule has 2 amide bonds. The van der Waals surface area contributed by atoms with Crippen molar-refractivity contribution in [2.45, 2.75) is 29.0 Å². The molecule has 0 spiro atoms. The number of benzene rings is 1. The third kappa shape index (κ3) is 4.44. The SMILES string of the molecule is O=C(NCC(c1ccco1)S(=O)(=O)c1ccccc1)NC1CCOCC1. The zero-order valence-corrected chi connectivity index (χ0v) is 15.1.